The number of nitrogens with one attached hydrogen (secondary N) is 1. The van der Waals surface area contributed by atoms with Crippen molar-refractivity contribution in [3.63, 3.8) is 0 Å². The normalized spacial score (nSPS) is 25.3. The lowest BCUT2D eigenvalue weighted by Gasteiger charge is -2.45. The van der Waals surface area contributed by atoms with Crippen LogP contribution in [0.2, 0.25) is 5.02 Å². The summed E-state index contributed by atoms with van der Waals surface area (Å²) < 4.78 is 0. The summed E-state index contributed by atoms with van der Waals surface area (Å²) in [5.74, 6) is 1.51. The van der Waals surface area contributed by atoms with Crippen molar-refractivity contribution in [1.82, 2.24) is 15.1 Å². The van der Waals surface area contributed by atoms with Crippen molar-refractivity contribution in [2.45, 2.75) is 51.9 Å². The number of hydrogen-bond donors (Lipinski definition) is 2. The first-order chi connectivity index (χ1) is 20.8. The van der Waals surface area contributed by atoms with Gasteiger partial charge in [0.25, 0.3) is 0 Å². The maximum Gasteiger partial charge on any atom is 0.248 e. The number of primary amides is 1. The van der Waals surface area contributed by atoms with Gasteiger partial charge in [-0.2, -0.15) is 0 Å². The fourth-order valence-corrected chi connectivity index (χ4v) is 8.43. The summed E-state index contributed by atoms with van der Waals surface area (Å²) in [5, 5.41) is 4.35. The van der Waals surface area contributed by atoms with Gasteiger partial charge in [-0.1, -0.05) is 36.2 Å². The van der Waals surface area contributed by atoms with Gasteiger partial charge in [-0.3, -0.25) is 9.69 Å². The molecule has 3 N–H and O–H groups in total. The summed E-state index contributed by atoms with van der Waals surface area (Å²) in [6.07, 6.45) is 9.08. The molecule has 0 bridgehead atoms. The van der Waals surface area contributed by atoms with E-state index in [-0.39, 0.29) is 5.91 Å². The number of nitrogens with zero attached hydrogens (tertiary/aromatic N) is 3. The molecule has 4 aliphatic rings. The highest BCUT2D eigenvalue weighted by Gasteiger charge is 2.36. The molecule has 0 radical (unpaired) electrons. The third-order valence-electron chi connectivity index (χ3n) is 10.8. The fraction of sp³-hybridized carbons (Fsp3) is 0.583. The van der Waals surface area contributed by atoms with E-state index in [1.165, 1.54) is 82.5 Å². The van der Waals surface area contributed by atoms with Crippen LogP contribution in [0.1, 0.15) is 67.8 Å². The summed E-state index contributed by atoms with van der Waals surface area (Å²) in [6, 6.07) is 16.3. The lowest BCUT2D eigenvalue weighted by molar-refractivity contribution is 0.0855. The number of nitrogens with two attached hydrogens (primary N) is 1. The zero-order chi connectivity index (χ0) is 29.8. The highest BCUT2D eigenvalue weighted by atomic mass is 35.5. The second kappa shape index (κ2) is 13.7. The largest absolute Gasteiger partial charge is 0.369 e. The molecule has 0 spiro atoms. The maximum atomic E-state index is 11.5. The zero-order valence-corrected chi connectivity index (χ0v) is 26.8. The molecule has 3 fully saturated rings. The Morgan fingerprint density at radius 2 is 1.53 bits per heavy atom. The minimum absolute atomic E-state index is 0.316. The average molecular weight is 604 g/mol. The fourth-order valence-electron chi connectivity index (χ4n) is 8.31. The number of piperidine rings is 2. The predicted molar refractivity (Wildman–Crippen MR) is 179 cm³/mol. The van der Waals surface area contributed by atoms with Crippen LogP contribution in [-0.4, -0.2) is 81.2 Å². The molecule has 3 heterocycles. The van der Waals surface area contributed by atoms with E-state index < -0.39 is 0 Å². The number of carbonyl (C=O) groups excluding carboxylic acids is 1. The molecule has 2 aromatic carbocycles. The standard InChI is InChI=1S/C36H50ClN5O/c1-36(26-41-18-13-28(14-19-41)27-11-16-39-17-12-27)15-10-34(29-2-6-32(37)7-3-29)31(24-36)25-40-20-22-42(23-21-40)33-8-4-30(5-9-33)35(38)43/h2-9,27-28,39H,10-26H2,1H3,(H2,38,43)/t36-/m1/s1. The van der Waals surface area contributed by atoms with Gasteiger partial charge < -0.3 is 20.9 Å². The monoisotopic (exact) mass is 603 g/mol. The highest BCUT2D eigenvalue weighted by Crippen LogP contribution is 2.44. The summed E-state index contributed by atoms with van der Waals surface area (Å²) in [7, 11) is 0. The van der Waals surface area contributed by atoms with Crippen LogP contribution in [0.4, 0.5) is 5.69 Å². The van der Waals surface area contributed by atoms with Crippen molar-refractivity contribution in [3.8, 4) is 0 Å². The number of allylic oxidation sites excluding steroid dienone is 1. The first kappa shape index (κ1) is 30.6. The molecule has 1 aliphatic carbocycles. The number of halogens is 1. The first-order valence-electron chi connectivity index (χ1n) is 16.6. The smallest absolute Gasteiger partial charge is 0.248 e. The van der Waals surface area contributed by atoms with Gasteiger partial charge in [-0.25, -0.2) is 0 Å². The molecule has 3 saturated heterocycles. The van der Waals surface area contributed by atoms with E-state index in [1.54, 1.807) is 11.1 Å². The number of anilines is 1. The summed E-state index contributed by atoms with van der Waals surface area (Å²) in [5.41, 5.74) is 12.0. The Kier molecular flexibility index (Phi) is 9.78. The van der Waals surface area contributed by atoms with Crippen LogP contribution < -0.4 is 16.0 Å². The van der Waals surface area contributed by atoms with Crippen LogP contribution in [0.5, 0.6) is 0 Å². The molecule has 0 aromatic heterocycles. The number of amides is 1. The molecular weight excluding hydrogens is 554 g/mol. The molecule has 232 valence electrons. The SMILES string of the molecule is C[C@@]1(CN2CCC(C3CCNCC3)CC2)CCC(c2ccc(Cl)cc2)=C(CN2CCN(c3ccc(C(N)=O)cc3)CC2)C1. The van der Waals surface area contributed by atoms with E-state index in [9.17, 15) is 4.79 Å². The molecule has 43 heavy (non-hydrogen) atoms. The van der Waals surface area contributed by atoms with E-state index in [0.717, 1.165) is 56.0 Å². The lowest BCUT2D eigenvalue weighted by atomic mass is 9.70. The van der Waals surface area contributed by atoms with Crippen molar-refractivity contribution in [2.75, 3.05) is 70.3 Å². The second-order valence-corrected chi connectivity index (χ2v) is 14.4. The number of rotatable bonds is 8. The molecule has 7 heteroatoms. The topological polar surface area (TPSA) is 64.8 Å². The second-order valence-electron chi connectivity index (χ2n) is 14.0. The molecular formula is C36H50ClN5O. The Morgan fingerprint density at radius 1 is 0.884 bits per heavy atom. The molecule has 6 rings (SSSR count). The van der Waals surface area contributed by atoms with E-state index >= 15 is 0 Å². The van der Waals surface area contributed by atoms with Gasteiger partial charge in [0.15, 0.2) is 0 Å². The third kappa shape index (κ3) is 7.65. The summed E-state index contributed by atoms with van der Waals surface area (Å²) in [6.45, 7) is 13.8. The molecule has 1 atom stereocenters. The van der Waals surface area contributed by atoms with E-state index in [4.69, 9.17) is 17.3 Å². The Hall–Kier alpha value is -2.38. The number of hydrogen-bond acceptors (Lipinski definition) is 5. The van der Waals surface area contributed by atoms with Crippen LogP contribution in [-0.2, 0) is 0 Å². The first-order valence-corrected chi connectivity index (χ1v) is 17.0. The van der Waals surface area contributed by atoms with Crippen molar-refractivity contribution in [2.24, 2.45) is 23.0 Å². The van der Waals surface area contributed by atoms with Gasteiger partial charge in [-0.15, -0.1) is 0 Å². The molecule has 2 aromatic rings. The Balaban J connectivity index is 1.10. The van der Waals surface area contributed by atoms with Crippen molar-refractivity contribution < 1.29 is 4.79 Å². The molecule has 1 amide bonds. The number of carbonyl (C=O) groups is 1. The highest BCUT2D eigenvalue weighted by molar-refractivity contribution is 6.30. The summed E-state index contributed by atoms with van der Waals surface area (Å²) >= 11 is 6.28. The molecule has 6 nitrogen and oxygen atoms in total. The third-order valence-corrected chi connectivity index (χ3v) is 11.1. The predicted octanol–water partition coefficient (Wildman–Crippen LogP) is 5.92. The van der Waals surface area contributed by atoms with Crippen LogP contribution in [0.15, 0.2) is 54.1 Å². The van der Waals surface area contributed by atoms with Gasteiger partial charge in [0.1, 0.15) is 0 Å². The average Bonchev–Trinajstić information content (AvgIpc) is 3.03. The van der Waals surface area contributed by atoms with Gasteiger partial charge in [0.05, 0.1) is 0 Å². The van der Waals surface area contributed by atoms with Crippen molar-refractivity contribution in [1.29, 1.82) is 0 Å². The lowest BCUT2D eigenvalue weighted by Crippen LogP contribution is -2.48. The minimum atomic E-state index is -0.373. The van der Waals surface area contributed by atoms with E-state index in [0.29, 0.717) is 11.0 Å². The van der Waals surface area contributed by atoms with Crippen molar-refractivity contribution >= 4 is 28.8 Å². The van der Waals surface area contributed by atoms with Crippen LogP contribution in [0, 0.1) is 17.3 Å². The number of benzene rings is 2. The quantitative estimate of drug-likeness (QED) is 0.392. The Morgan fingerprint density at radius 3 is 2.19 bits per heavy atom. The molecule has 0 unspecified atom stereocenters. The Labute approximate surface area is 263 Å². The maximum absolute atomic E-state index is 11.5. The van der Waals surface area contributed by atoms with Gasteiger partial charge >= 0.3 is 0 Å². The summed E-state index contributed by atoms with van der Waals surface area (Å²) in [4.78, 5) is 19.4. The minimum Gasteiger partial charge on any atom is -0.369 e. The van der Waals surface area contributed by atoms with E-state index in [2.05, 4.69) is 39.1 Å². The zero-order valence-electron chi connectivity index (χ0n) is 26.0. The Bertz CT molecular complexity index is 1260. The van der Waals surface area contributed by atoms with Crippen LogP contribution in [0.25, 0.3) is 5.57 Å². The molecule has 0 saturated carbocycles. The van der Waals surface area contributed by atoms with Gasteiger partial charge in [0, 0.05) is 55.5 Å². The molecule has 3 aliphatic heterocycles. The van der Waals surface area contributed by atoms with Crippen LogP contribution >= 0.6 is 11.6 Å². The van der Waals surface area contributed by atoms with Gasteiger partial charge in [0.2, 0.25) is 5.91 Å². The van der Waals surface area contributed by atoms with Crippen LogP contribution in [0.3, 0.4) is 0 Å². The van der Waals surface area contributed by atoms with Crippen molar-refractivity contribution in [3.05, 3.63) is 70.3 Å². The van der Waals surface area contributed by atoms with E-state index in [1.807, 2.05) is 36.4 Å². The number of likely N-dealkylation sites (tertiary alicyclic amines) is 1. The number of piperazine rings is 1. The van der Waals surface area contributed by atoms with Gasteiger partial charge in [-0.05, 0) is 136 Å².